The van der Waals surface area contributed by atoms with Crippen LogP contribution < -0.4 is 19.8 Å². The van der Waals surface area contributed by atoms with Gasteiger partial charge in [0.15, 0.2) is 11.5 Å². The number of nitro benzene ring substituents is 1. The molecule has 0 fully saturated rings. The molecule has 5 rings (SSSR count). The second-order valence-electron chi connectivity index (χ2n) is 9.65. The van der Waals surface area contributed by atoms with Crippen LogP contribution in [-0.2, 0) is 6.42 Å². The van der Waals surface area contributed by atoms with E-state index in [1.54, 1.807) is 43.2 Å². The van der Waals surface area contributed by atoms with E-state index in [-0.39, 0.29) is 23.8 Å². The van der Waals surface area contributed by atoms with Crippen molar-refractivity contribution in [1.29, 1.82) is 0 Å². The number of amides is 1. The predicted molar refractivity (Wildman–Crippen MR) is 148 cm³/mol. The predicted octanol–water partition coefficient (Wildman–Crippen LogP) is 5.15. The van der Waals surface area contributed by atoms with Gasteiger partial charge in [-0.25, -0.2) is 4.79 Å². The van der Waals surface area contributed by atoms with E-state index < -0.39 is 16.6 Å². The Morgan fingerprint density at radius 2 is 1.77 bits per heavy atom. The second-order valence-corrected chi connectivity index (χ2v) is 9.65. The van der Waals surface area contributed by atoms with Crippen molar-refractivity contribution in [2.75, 3.05) is 27.4 Å². The molecule has 3 aromatic carbocycles. The number of benzene rings is 3. The first-order chi connectivity index (χ1) is 19.2. The zero-order chi connectivity index (χ0) is 28.6. The molecule has 1 aromatic heterocycles. The molecular formula is C30H28N2O8. The van der Waals surface area contributed by atoms with Crippen molar-refractivity contribution < 1.29 is 28.3 Å². The van der Waals surface area contributed by atoms with Crippen LogP contribution in [0.4, 0.5) is 5.69 Å². The van der Waals surface area contributed by atoms with Crippen molar-refractivity contribution >= 4 is 22.6 Å². The standard InChI is InChI=1S/C30H28N2O8/c1-17-5-6-20(12-24(17)32(35)36)30(34)31-10-9-19-13-27(37-3)28(38-4)15-23(19)25(31)16-39-21-7-8-22-18(2)11-29(33)40-26(22)14-21/h5-8,11-15,25H,9-10,16H2,1-4H3/t25-/m0/s1. The summed E-state index contributed by atoms with van der Waals surface area (Å²) in [5.74, 6) is 1.20. The van der Waals surface area contributed by atoms with Gasteiger partial charge in [-0.2, -0.15) is 0 Å². The van der Waals surface area contributed by atoms with E-state index in [0.717, 1.165) is 22.1 Å². The molecule has 0 bridgehead atoms. The van der Waals surface area contributed by atoms with E-state index in [2.05, 4.69) is 0 Å². The normalized spacial score (nSPS) is 14.5. The first-order valence-electron chi connectivity index (χ1n) is 12.7. The molecule has 0 radical (unpaired) electrons. The SMILES string of the molecule is COc1cc2c(cc1OC)[C@H](COc1ccc3c(C)cc(=O)oc3c1)N(C(=O)c1ccc(C)c([N+](=O)[O-])c1)CC2. The van der Waals surface area contributed by atoms with Crippen LogP contribution in [-0.4, -0.2) is 43.1 Å². The molecule has 10 nitrogen and oxygen atoms in total. The molecule has 1 atom stereocenters. The first kappa shape index (κ1) is 26.7. The highest BCUT2D eigenvalue weighted by Crippen LogP contribution is 2.39. The maximum absolute atomic E-state index is 13.8. The molecular weight excluding hydrogens is 516 g/mol. The van der Waals surface area contributed by atoms with Gasteiger partial charge in [-0.15, -0.1) is 0 Å². The van der Waals surface area contributed by atoms with Crippen molar-refractivity contribution in [3.05, 3.63) is 103 Å². The highest BCUT2D eigenvalue weighted by Gasteiger charge is 2.34. The maximum atomic E-state index is 13.8. The summed E-state index contributed by atoms with van der Waals surface area (Å²) in [5.41, 5.74) is 3.12. The number of nitro groups is 1. The molecule has 40 heavy (non-hydrogen) atoms. The Morgan fingerprint density at radius 1 is 1.02 bits per heavy atom. The van der Waals surface area contributed by atoms with Crippen LogP contribution in [0.3, 0.4) is 0 Å². The quantitative estimate of drug-likeness (QED) is 0.178. The molecule has 0 saturated heterocycles. The van der Waals surface area contributed by atoms with E-state index in [0.29, 0.717) is 41.4 Å². The molecule has 1 aliphatic rings. The summed E-state index contributed by atoms with van der Waals surface area (Å²) in [6, 6.07) is 14.4. The lowest BCUT2D eigenvalue weighted by molar-refractivity contribution is -0.385. The molecule has 10 heteroatoms. The minimum atomic E-state index is -0.545. The molecule has 1 aliphatic heterocycles. The third kappa shape index (κ3) is 4.95. The van der Waals surface area contributed by atoms with Crippen LogP contribution in [0.1, 0.15) is 38.7 Å². The molecule has 206 valence electrons. The van der Waals surface area contributed by atoms with Crippen molar-refractivity contribution in [3.8, 4) is 17.2 Å². The number of methoxy groups -OCH3 is 2. The zero-order valence-electron chi connectivity index (χ0n) is 22.6. The Morgan fingerprint density at radius 3 is 2.50 bits per heavy atom. The minimum absolute atomic E-state index is 0.0731. The summed E-state index contributed by atoms with van der Waals surface area (Å²) in [6.45, 7) is 3.90. The highest BCUT2D eigenvalue weighted by atomic mass is 16.6. The van der Waals surface area contributed by atoms with Gasteiger partial charge < -0.3 is 23.5 Å². The van der Waals surface area contributed by atoms with Crippen LogP contribution in [0.2, 0.25) is 0 Å². The fraction of sp³-hybridized carbons (Fsp3) is 0.267. The van der Waals surface area contributed by atoms with E-state index in [1.807, 2.05) is 25.1 Å². The van der Waals surface area contributed by atoms with Gasteiger partial charge in [0, 0.05) is 41.3 Å². The fourth-order valence-corrected chi connectivity index (χ4v) is 5.13. The monoisotopic (exact) mass is 544 g/mol. The number of ether oxygens (including phenoxy) is 3. The number of fused-ring (bicyclic) bond motifs is 2. The maximum Gasteiger partial charge on any atom is 0.336 e. The Balaban J connectivity index is 1.53. The largest absolute Gasteiger partial charge is 0.493 e. The number of nitrogens with zero attached hydrogens (tertiary/aromatic N) is 2. The number of hydrogen-bond donors (Lipinski definition) is 0. The van der Waals surface area contributed by atoms with Crippen molar-refractivity contribution in [1.82, 2.24) is 4.90 Å². The lowest BCUT2D eigenvalue weighted by Gasteiger charge is -2.37. The lowest BCUT2D eigenvalue weighted by Crippen LogP contribution is -2.42. The smallest absolute Gasteiger partial charge is 0.336 e. The van der Waals surface area contributed by atoms with Crippen molar-refractivity contribution in [2.24, 2.45) is 0 Å². The van der Waals surface area contributed by atoms with Gasteiger partial charge in [0.25, 0.3) is 11.6 Å². The molecule has 0 saturated carbocycles. The Hall–Kier alpha value is -4.86. The van der Waals surface area contributed by atoms with Crippen LogP contribution in [0.5, 0.6) is 17.2 Å². The first-order valence-corrected chi connectivity index (χ1v) is 12.7. The van der Waals surface area contributed by atoms with Crippen molar-refractivity contribution in [2.45, 2.75) is 26.3 Å². The van der Waals surface area contributed by atoms with Gasteiger partial charge in [0.2, 0.25) is 0 Å². The Kier molecular flexibility index (Phi) is 7.17. The van der Waals surface area contributed by atoms with Gasteiger partial charge in [-0.1, -0.05) is 6.07 Å². The fourth-order valence-electron chi connectivity index (χ4n) is 5.13. The molecule has 0 N–H and O–H groups in total. The second kappa shape index (κ2) is 10.7. The molecule has 0 spiro atoms. The highest BCUT2D eigenvalue weighted by molar-refractivity contribution is 5.95. The van der Waals surface area contributed by atoms with Crippen LogP contribution in [0, 0.1) is 24.0 Å². The summed E-state index contributed by atoms with van der Waals surface area (Å²) < 4.78 is 22.6. The van der Waals surface area contributed by atoms with E-state index in [1.165, 1.54) is 19.2 Å². The molecule has 2 heterocycles. The summed E-state index contributed by atoms with van der Waals surface area (Å²) in [4.78, 5) is 38.4. The summed E-state index contributed by atoms with van der Waals surface area (Å²) in [5, 5.41) is 12.3. The van der Waals surface area contributed by atoms with Crippen LogP contribution >= 0.6 is 0 Å². The Bertz CT molecular complexity index is 1690. The van der Waals surface area contributed by atoms with Gasteiger partial charge in [0.1, 0.15) is 17.9 Å². The number of carbonyl (C=O) groups is 1. The molecule has 4 aromatic rings. The molecule has 1 amide bonds. The number of rotatable bonds is 7. The average molecular weight is 545 g/mol. The van der Waals surface area contributed by atoms with Gasteiger partial charge >= 0.3 is 5.63 Å². The van der Waals surface area contributed by atoms with Crippen molar-refractivity contribution in [3.63, 3.8) is 0 Å². The zero-order valence-corrected chi connectivity index (χ0v) is 22.6. The third-order valence-electron chi connectivity index (χ3n) is 7.25. The summed E-state index contributed by atoms with van der Waals surface area (Å²) in [7, 11) is 3.10. The Labute approximate surface area is 229 Å². The number of aryl methyl sites for hydroxylation is 2. The number of hydrogen-bond acceptors (Lipinski definition) is 8. The van der Waals surface area contributed by atoms with Gasteiger partial charge in [-0.3, -0.25) is 14.9 Å². The minimum Gasteiger partial charge on any atom is -0.493 e. The lowest BCUT2D eigenvalue weighted by atomic mass is 9.91. The van der Waals surface area contributed by atoms with Crippen LogP contribution in [0.15, 0.2) is 63.8 Å². The molecule has 0 aliphatic carbocycles. The number of carbonyl (C=O) groups excluding carboxylic acids is 1. The summed E-state index contributed by atoms with van der Waals surface area (Å²) >= 11 is 0. The third-order valence-corrected chi connectivity index (χ3v) is 7.25. The van der Waals surface area contributed by atoms with Crippen LogP contribution in [0.25, 0.3) is 11.0 Å². The van der Waals surface area contributed by atoms with E-state index in [4.69, 9.17) is 18.6 Å². The molecule has 0 unspecified atom stereocenters. The van der Waals surface area contributed by atoms with Gasteiger partial charge in [-0.05, 0) is 67.3 Å². The summed E-state index contributed by atoms with van der Waals surface area (Å²) in [6.07, 6.45) is 0.548. The van der Waals surface area contributed by atoms with E-state index >= 15 is 0 Å². The van der Waals surface area contributed by atoms with Gasteiger partial charge in [0.05, 0.1) is 25.2 Å². The average Bonchev–Trinajstić information content (AvgIpc) is 2.94. The topological polar surface area (TPSA) is 121 Å². The van der Waals surface area contributed by atoms with E-state index in [9.17, 15) is 19.7 Å².